The fourth-order valence-corrected chi connectivity index (χ4v) is 1.76. The molecule has 0 radical (unpaired) electrons. The summed E-state index contributed by atoms with van der Waals surface area (Å²) in [5.74, 6) is 0.913. The third-order valence-corrected chi connectivity index (χ3v) is 2.58. The molecule has 0 saturated carbocycles. The Balaban J connectivity index is 2.02. The lowest BCUT2D eigenvalue weighted by molar-refractivity contribution is 0.752. The minimum absolute atomic E-state index is 0.428. The van der Waals surface area contributed by atoms with Crippen molar-refractivity contribution in [1.82, 2.24) is 25.0 Å². The van der Waals surface area contributed by atoms with E-state index in [1.165, 1.54) is 4.80 Å². The van der Waals surface area contributed by atoms with Crippen LogP contribution in [0.1, 0.15) is 5.69 Å². The first-order valence-corrected chi connectivity index (χ1v) is 5.82. The number of hydrogen-bond acceptors (Lipinski definition) is 5. The summed E-state index contributed by atoms with van der Waals surface area (Å²) < 4.78 is 0. The zero-order chi connectivity index (χ0) is 13.2. The minimum atomic E-state index is 0.428. The Labute approximate surface area is 109 Å². The van der Waals surface area contributed by atoms with Gasteiger partial charge in [-0.3, -0.25) is 0 Å². The van der Waals surface area contributed by atoms with Gasteiger partial charge in [-0.05, 0) is 19.1 Å². The summed E-state index contributed by atoms with van der Waals surface area (Å²) >= 11 is 0. The number of aromatic nitrogens is 5. The van der Waals surface area contributed by atoms with Crippen molar-refractivity contribution in [1.29, 1.82) is 0 Å². The van der Waals surface area contributed by atoms with Gasteiger partial charge in [-0.25, -0.2) is 9.97 Å². The fourth-order valence-electron chi connectivity index (χ4n) is 1.76. The molecule has 0 aliphatic heterocycles. The number of rotatable bonds is 2. The van der Waals surface area contributed by atoms with E-state index < -0.39 is 0 Å². The summed E-state index contributed by atoms with van der Waals surface area (Å²) in [6, 6.07) is 11.4. The van der Waals surface area contributed by atoms with Crippen molar-refractivity contribution in [2.45, 2.75) is 6.92 Å². The van der Waals surface area contributed by atoms with Crippen LogP contribution in [-0.2, 0) is 0 Å². The Morgan fingerprint density at radius 1 is 1.11 bits per heavy atom. The molecule has 0 unspecified atom stereocenters. The van der Waals surface area contributed by atoms with Crippen LogP contribution in [0.4, 0.5) is 5.82 Å². The van der Waals surface area contributed by atoms with Crippen LogP contribution in [0, 0.1) is 6.92 Å². The van der Waals surface area contributed by atoms with Crippen LogP contribution in [0.25, 0.3) is 17.2 Å². The van der Waals surface area contributed by atoms with E-state index in [4.69, 9.17) is 5.73 Å². The summed E-state index contributed by atoms with van der Waals surface area (Å²) in [5, 5.41) is 8.56. The van der Waals surface area contributed by atoms with Crippen LogP contribution >= 0.6 is 0 Å². The molecule has 0 atom stereocenters. The minimum Gasteiger partial charge on any atom is -0.384 e. The molecule has 3 rings (SSSR count). The van der Waals surface area contributed by atoms with Gasteiger partial charge in [0.25, 0.3) is 0 Å². The average Bonchev–Trinajstić information content (AvgIpc) is 2.88. The van der Waals surface area contributed by atoms with Gasteiger partial charge in [0.15, 0.2) is 11.5 Å². The predicted octanol–water partition coefficient (Wildman–Crippen LogP) is 1.61. The molecule has 19 heavy (non-hydrogen) atoms. The molecule has 0 saturated heterocycles. The Morgan fingerprint density at radius 3 is 2.63 bits per heavy atom. The molecule has 2 heterocycles. The van der Waals surface area contributed by atoms with E-state index >= 15 is 0 Å². The molecule has 0 aliphatic rings. The first-order chi connectivity index (χ1) is 9.22. The van der Waals surface area contributed by atoms with Gasteiger partial charge in [0.05, 0.1) is 11.9 Å². The van der Waals surface area contributed by atoms with Gasteiger partial charge in [-0.15, -0.1) is 5.10 Å². The molecule has 3 aromatic rings. The maximum atomic E-state index is 5.71. The monoisotopic (exact) mass is 252 g/mol. The van der Waals surface area contributed by atoms with E-state index in [1.807, 2.05) is 37.3 Å². The average molecular weight is 252 g/mol. The van der Waals surface area contributed by atoms with E-state index in [0.29, 0.717) is 17.3 Å². The van der Waals surface area contributed by atoms with Gasteiger partial charge in [0.1, 0.15) is 5.82 Å². The van der Waals surface area contributed by atoms with Gasteiger partial charge in [0, 0.05) is 11.8 Å². The smallest absolute Gasteiger partial charge is 0.183 e. The SMILES string of the molecule is Cc1cc(N)nc(-c2cnn(-c3ccccc3)n2)n1. The van der Waals surface area contributed by atoms with Crippen molar-refractivity contribution in [3.8, 4) is 17.2 Å². The van der Waals surface area contributed by atoms with Crippen LogP contribution in [0.2, 0.25) is 0 Å². The Bertz CT molecular complexity index is 684. The number of nitrogens with zero attached hydrogens (tertiary/aromatic N) is 5. The van der Waals surface area contributed by atoms with E-state index in [9.17, 15) is 0 Å². The second kappa shape index (κ2) is 4.49. The summed E-state index contributed by atoms with van der Waals surface area (Å²) in [6.07, 6.45) is 1.63. The maximum absolute atomic E-state index is 5.71. The lowest BCUT2D eigenvalue weighted by Gasteiger charge is -1.99. The normalized spacial score (nSPS) is 10.6. The quantitative estimate of drug-likeness (QED) is 0.749. The molecule has 0 bridgehead atoms. The highest BCUT2D eigenvalue weighted by Crippen LogP contribution is 2.14. The molecule has 0 spiro atoms. The van der Waals surface area contributed by atoms with Crippen LogP contribution in [0.3, 0.4) is 0 Å². The van der Waals surface area contributed by atoms with E-state index in [2.05, 4.69) is 20.2 Å². The Kier molecular flexibility index (Phi) is 2.68. The maximum Gasteiger partial charge on any atom is 0.183 e. The zero-order valence-electron chi connectivity index (χ0n) is 10.4. The highest BCUT2D eigenvalue weighted by molar-refractivity contribution is 5.50. The number of nitrogen functional groups attached to an aromatic ring is 1. The standard InChI is InChI=1S/C13H12N6/c1-9-7-12(14)17-13(16-9)11-8-15-19(18-11)10-5-3-2-4-6-10/h2-8H,1H3,(H2,14,16,17). The number of benzene rings is 1. The first-order valence-electron chi connectivity index (χ1n) is 5.82. The van der Waals surface area contributed by atoms with Crippen LogP contribution in [0.5, 0.6) is 0 Å². The topological polar surface area (TPSA) is 82.5 Å². The van der Waals surface area contributed by atoms with Gasteiger partial charge in [-0.2, -0.15) is 9.90 Å². The van der Waals surface area contributed by atoms with Gasteiger partial charge < -0.3 is 5.73 Å². The van der Waals surface area contributed by atoms with Gasteiger partial charge in [0.2, 0.25) is 0 Å². The van der Waals surface area contributed by atoms with E-state index in [0.717, 1.165) is 11.4 Å². The first kappa shape index (κ1) is 11.3. The molecule has 0 amide bonds. The summed E-state index contributed by atoms with van der Waals surface area (Å²) in [4.78, 5) is 10.0. The lowest BCUT2D eigenvalue weighted by Crippen LogP contribution is -2.00. The van der Waals surface area contributed by atoms with Crippen molar-refractivity contribution in [2.75, 3.05) is 5.73 Å². The largest absolute Gasteiger partial charge is 0.384 e. The number of aryl methyl sites for hydroxylation is 1. The van der Waals surface area contributed by atoms with E-state index in [-0.39, 0.29) is 0 Å². The fraction of sp³-hybridized carbons (Fsp3) is 0.0769. The summed E-state index contributed by atoms with van der Waals surface area (Å²) in [5.41, 5.74) is 7.99. The summed E-state index contributed by atoms with van der Waals surface area (Å²) in [7, 11) is 0. The van der Waals surface area contributed by atoms with Crippen molar-refractivity contribution in [3.63, 3.8) is 0 Å². The molecule has 0 aliphatic carbocycles. The number of hydrogen-bond donors (Lipinski definition) is 1. The number of anilines is 1. The number of nitrogens with two attached hydrogens (primary N) is 1. The van der Waals surface area contributed by atoms with Crippen molar-refractivity contribution in [3.05, 3.63) is 48.3 Å². The van der Waals surface area contributed by atoms with Gasteiger partial charge >= 0.3 is 0 Å². The van der Waals surface area contributed by atoms with Crippen molar-refractivity contribution < 1.29 is 0 Å². The lowest BCUT2D eigenvalue weighted by atomic mass is 10.3. The second-order valence-corrected chi connectivity index (χ2v) is 4.11. The molecule has 0 fully saturated rings. The Morgan fingerprint density at radius 2 is 1.89 bits per heavy atom. The molecule has 2 aromatic heterocycles. The zero-order valence-corrected chi connectivity index (χ0v) is 10.4. The Hall–Kier alpha value is -2.76. The molecule has 1 aromatic carbocycles. The van der Waals surface area contributed by atoms with Crippen LogP contribution < -0.4 is 5.73 Å². The van der Waals surface area contributed by atoms with Crippen LogP contribution in [0.15, 0.2) is 42.6 Å². The van der Waals surface area contributed by atoms with Crippen molar-refractivity contribution in [2.24, 2.45) is 0 Å². The summed E-state index contributed by atoms with van der Waals surface area (Å²) in [6.45, 7) is 1.86. The highest BCUT2D eigenvalue weighted by atomic mass is 15.5. The number of para-hydroxylation sites is 1. The molecule has 94 valence electrons. The van der Waals surface area contributed by atoms with Crippen LogP contribution in [-0.4, -0.2) is 25.0 Å². The highest BCUT2D eigenvalue weighted by Gasteiger charge is 2.09. The molecule has 2 N–H and O–H groups in total. The molecule has 6 heteroatoms. The van der Waals surface area contributed by atoms with Crippen molar-refractivity contribution >= 4 is 5.82 Å². The molecular weight excluding hydrogens is 240 g/mol. The predicted molar refractivity (Wildman–Crippen MR) is 71.5 cm³/mol. The third kappa shape index (κ3) is 2.28. The molecule has 6 nitrogen and oxygen atoms in total. The van der Waals surface area contributed by atoms with E-state index in [1.54, 1.807) is 12.3 Å². The second-order valence-electron chi connectivity index (χ2n) is 4.11. The molecular formula is C13H12N6. The third-order valence-electron chi connectivity index (χ3n) is 2.58. The van der Waals surface area contributed by atoms with Gasteiger partial charge in [-0.1, -0.05) is 18.2 Å².